The van der Waals surface area contributed by atoms with Crippen LogP contribution in [-0.2, 0) is 13.1 Å². The van der Waals surface area contributed by atoms with E-state index in [2.05, 4.69) is 44.9 Å². The van der Waals surface area contributed by atoms with Crippen LogP contribution in [0.25, 0.3) is 11.3 Å². The maximum atomic E-state index is 12.9. The Labute approximate surface area is 187 Å². The number of aryl methyl sites for hydroxylation is 1. The molecule has 2 aromatic carbocycles. The van der Waals surface area contributed by atoms with Crippen LogP contribution in [0.1, 0.15) is 29.0 Å². The van der Waals surface area contributed by atoms with E-state index in [-0.39, 0.29) is 11.7 Å². The Balaban J connectivity index is 1.23. The third-order valence-corrected chi connectivity index (χ3v) is 5.95. The second-order valence-corrected chi connectivity index (χ2v) is 8.39. The van der Waals surface area contributed by atoms with Crippen LogP contribution < -0.4 is 4.90 Å². The minimum absolute atomic E-state index is 0.000253. The standard InChI is InChI=1S/C25H26N6O/c1-29-16-20(12-13-31-24(29)15-22(27-31)21-10-6-3-7-11-21)14-23(32)25-26-18-30(28-25)17-19-8-4-2-5-9-19/h2-11,15,18,20H,12-14,16-17H2,1H3. The molecule has 0 N–H and O–H groups in total. The van der Waals surface area contributed by atoms with Crippen molar-refractivity contribution in [2.45, 2.75) is 25.9 Å². The molecule has 0 aliphatic carbocycles. The Hall–Kier alpha value is -3.74. The van der Waals surface area contributed by atoms with E-state index in [9.17, 15) is 4.79 Å². The average molecular weight is 427 g/mol. The zero-order valence-electron chi connectivity index (χ0n) is 18.1. The fraction of sp³-hybridized carbons (Fsp3) is 0.280. The molecule has 3 heterocycles. The molecule has 1 aliphatic heterocycles. The molecule has 32 heavy (non-hydrogen) atoms. The van der Waals surface area contributed by atoms with Gasteiger partial charge in [-0.05, 0) is 17.9 Å². The molecular weight excluding hydrogens is 400 g/mol. The van der Waals surface area contributed by atoms with Crippen LogP contribution in [0, 0.1) is 5.92 Å². The third-order valence-electron chi connectivity index (χ3n) is 5.95. The number of carbonyl (C=O) groups excluding carboxylic acids is 1. The number of ketones is 1. The number of hydrogen-bond donors (Lipinski definition) is 0. The van der Waals surface area contributed by atoms with E-state index in [0.29, 0.717) is 18.8 Å². The van der Waals surface area contributed by atoms with E-state index in [1.807, 2.05) is 48.5 Å². The molecular formula is C25H26N6O. The molecule has 5 rings (SSSR count). The first-order valence-corrected chi connectivity index (χ1v) is 11.0. The summed E-state index contributed by atoms with van der Waals surface area (Å²) >= 11 is 0. The predicted molar refractivity (Wildman–Crippen MR) is 124 cm³/mol. The summed E-state index contributed by atoms with van der Waals surface area (Å²) in [5.41, 5.74) is 3.23. The number of benzene rings is 2. The van der Waals surface area contributed by atoms with E-state index in [4.69, 9.17) is 5.10 Å². The number of nitrogens with zero attached hydrogens (tertiary/aromatic N) is 6. The molecule has 7 nitrogen and oxygen atoms in total. The number of rotatable bonds is 6. The Morgan fingerprint density at radius 2 is 1.78 bits per heavy atom. The zero-order chi connectivity index (χ0) is 21.9. The summed E-state index contributed by atoms with van der Waals surface area (Å²) in [6.45, 7) is 2.20. The van der Waals surface area contributed by atoms with E-state index < -0.39 is 0 Å². The van der Waals surface area contributed by atoms with Gasteiger partial charge in [0.25, 0.3) is 0 Å². The van der Waals surface area contributed by atoms with Gasteiger partial charge in [-0.15, -0.1) is 5.10 Å². The fourth-order valence-corrected chi connectivity index (χ4v) is 4.29. The van der Waals surface area contributed by atoms with Gasteiger partial charge in [-0.2, -0.15) is 5.10 Å². The van der Waals surface area contributed by atoms with E-state index in [0.717, 1.165) is 42.1 Å². The number of hydrogen-bond acceptors (Lipinski definition) is 5. The van der Waals surface area contributed by atoms with Gasteiger partial charge in [-0.1, -0.05) is 60.7 Å². The van der Waals surface area contributed by atoms with Crippen molar-refractivity contribution in [3.63, 3.8) is 0 Å². The van der Waals surface area contributed by atoms with Gasteiger partial charge >= 0.3 is 0 Å². The molecule has 162 valence electrons. The van der Waals surface area contributed by atoms with Crippen LogP contribution in [0.15, 0.2) is 73.1 Å². The van der Waals surface area contributed by atoms with Gasteiger partial charge in [-0.25, -0.2) is 14.3 Å². The van der Waals surface area contributed by atoms with Crippen LogP contribution >= 0.6 is 0 Å². The normalized spacial score (nSPS) is 15.9. The second-order valence-electron chi connectivity index (χ2n) is 8.39. The molecule has 1 atom stereocenters. The maximum Gasteiger partial charge on any atom is 0.217 e. The first kappa shape index (κ1) is 20.2. The third kappa shape index (κ3) is 4.32. The quantitative estimate of drug-likeness (QED) is 0.437. The summed E-state index contributed by atoms with van der Waals surface area (Å²) in [6.07, 6.45) is 2.97. The molecule has 4 aromatic rings. The molecule has 0 fully saturated rings. The molecule has 7 heteroatoms. The SMILES string of the molecule is CN1CC(CC(=O)c2ncn(Cc3ccccc3)n2)CCn2nc(-c3ccccc3)cc21. The molecule has 1 aliphatic rings. The second kappa shape index (κ2) is 8.78. The molecule has 0 saturated heterocycles. The molecule has 0 saturated carbocycles. The van der Waals surface area contributed by atoms with Crippen molar-refractivity contribution in [1.29, 1.82) is 0 Å². The Bertz CT molecular complexity index is 1200. The van der Waals surface area contributed by atoms with Crippen molar-refractivity contribution < 1.29 is 4.79 Å². The minimum atomic E-state index is -0.000253. The fourth-order valence-electron chi connectivity index (χ4n) is 4.29. The number of fused-ring (bicyclic) bond motifs is 1. The highest BCUT2D eigenvalue weighted by atomic mass is 16.1. The van der Waals surface area contributed by atoms with Gasteiger partial charge in [0, 0.05) is 38.2 Å². The summed E-state index contributed by atoms with van der Waals surface area (Å²) in [5, 5.41) is 9.22. The van der Waals surface area contributed by atoms with Crippen molar-refractivity contribution >= 4 is 11.6 Å². The van der Waals surface area contributed by atoms with E-state index in [1.165, 1.54) is 0 Å². The van der Waals surface area contributed by atoms with Crippen molar-refractivity contribution in [1.82, 2.24) is 24.5 Å². The summed E-state index contributed by atoms with van der Waals surface area (Å²) in [4.78, 5) is 19.3. The average Bonchev–Trinajstić information content (AvgIpc) is 3.43. The van der Waals surface area contributed by atoms with Crippen molar-refractivity contribution in [2.75, 3.05) is 18.5 Å². The lowest BCUT2D eigenvalue weighted by Gasteiger charge is -2.20. The lowest BCUT2D eigenvalue weighted by molar-refractivity contribution is 0.0949. The smallest absolute Gasteiger partial charge is 0.217 e. The van der Waals surface area contributed by atoms with Gasteiger partial charge in [0.05, 0.1) is 12.2 Å². The highest BCUT2D eigenvalue weighted by molar-refractivity contribution is 5.92. The van der Waals surface area contributed by atoms with Crippen LogP contribution in [0.3, 0.4) is 0 Å². The zero-order valence-corrected chi connectivity index (χ0v) is 18.1. The van der Waals surface area contributed by atoms with E-state index in [1.54, 1.807) is 11.0 Å². The van der Waals surface area contributed by atoms with Crippen LogP contribution in [0.5, 0.6) is 0 Å². The maximum absolute atomic E-state index is 12.9. The molecule has 2 aromatic heterocycles. The summed E-state index contributed by atoms with van der Waals surface area (Å²) in [5.74, 6) is 1.62. The largest absolute Gasteiger partial charge is 0.360 e. The minimum Gasteiger partial charge on any atom is -0.360 e. The highest BCUT2D eigenvalue weighted by Crippen LogP contribution is 2.28. The van der Waals surface area contributed by atoms with Crippen molar-refractivity contribution in [2.24, 2.45) is 5.92 Å². The number of Topliss-reactive ketones (excluding diaryl/α,β-unsaturated/α-hetero) is 1. The number of carbonyl (C=O) groups is 1. The molecule has 0 bridgehead atoms. The summed E-state index contributed by atoms with van der Waals surface area (Å²) in [7, 11) is 2.07. The topological polar surface area (TPSA) is 68.8 Å². The first-order valence-electron chi connectivity index (χ1n) is 11.0. The number of aromatic nitrogens is 5. The first-order chi connectivity index (χ1) is 15.7. The molecule has 0 radical (unpaired) electrons. The predicted octanol–water partition coefficient (Wildman–Crippen LogP) is 3.92. The molecule has 0 spiro atoms. The lowest BCUT2D eigenvalue weighted by atomic mass is 9.98. The van der Waals surface area contributed by atoms with Crippen molar-refractivity contribution in [3.8, 4) is 11.3 Å². The van der Waals surface area contributed by atoms with Crippen LogP contribution in [-0.4, -0.2) is 43.9 Å². The van der Waals surface area contributed by atoms with Crippen molar-refractivity contribution in [3.05, 3.63) is 84.4 Å². The molecule has 1 unspecified atom stereocenters. The summed E-state index contributed by atoms with van der Waals surface area (Å²) in [6, 6.07) is 22.4. The van der Waals surface area contributed by atoms with E-state index >= 15 is 0 Å². The van der Waals surface area contributed by atoms with Gasteiger partial charge in [0.15, 0.2) is 0 Å². The van der Waals surface area contributed by atoms with Crippen LogP contribution in [0.4, 0.5) is 5.82 Å². The van der Waals surface area contributed by atoms with Gasteiger partial charge in [0.2, 0.25) is 11.6 Å². The molecule has 0 amide bonds. The summed E-state index contributed by atoms with van der Waals surface area (Å²) < 4.78 is 3.78. The van der Waals surface area contributed by atoms with Gasteiger partial charge in [0.1, 0.15) is 12.1 Å². The highest BCUT2D eigenvalue weighted by Gasteiger charge is 2.25. The Kier molecular flexibility index (Phi) is 5.54. The number of anilines is 1. The Morgan fingerprint density at radius 3 is 2.56 bits per heavy atom. The Morgan fingerprint density at radius 1 is 1.03 bits per heavy atom. The van der Waals surface area contributed by atoms with Crippen LogP contribution in [0.2, 0.25) is 0 Å². The van der Waals surface area contributed by atoms with Gasteiger partial charge < -0.3 is 4.90 Å². The van der Waals surface area contributed by atoms with Gasteiger partial charge in [-0.3, -0.25) is 4.79 Å². The lowest BCUT2D eigenvalue weighted by Crippen LogP contribution is -2.26. The monoisotopic (exact) mass is 426 g/mol.